The molecule has 0 bridgehead atoms. The standard InChI is InChI=1S/C22H20N2OS2/c23-22(26)15-5-3-4-14(12-15)18-13-24(16-8-10-25-11-9-16)20-17-6-1-2-7-19(17)27-21(18)20/h1-7,12-13,16H,8-11H2,(H2,23,26). The molecule has 5 heteroatoms. The average Bonchev–Trinajstić information content (AvgIpc) is 3.26. The Kier molecular flexibility index (Phi) is 4.23. The van der Waals surface area contributed by atoms with Crippen molar-refractivity contribution in [3.63, 3.8) is 0 Å². The molecular weight excluding hydrogens is 372 g/mol. The maximum Gasteiger partial charge on any atom is 0.104 e. The molecule has 2 aromatic carbocycles. The van der Waals surface area contributed by atoms with Crippen molar-refractivity contribution >= 4 is 48.8 Å². The predicted molar refractivity (Wildman–Crippen MR) is 118 cm³/mol. The van der Waals surface area contributed by atoms with E-state index in [0.717, 1.165) is 31.6 Å². The number of fused-ring (bicyclic) bond motifs is 3. The summed E-state index contributed by atoms with van der Waals surface area (Å²) in [6.45, 7) is 1.66. The van der Waals surface area contributed by atoms with Crippen LogP contribution in [0.3, 0.4) is 0 Å². The minimum absolute atomic E-state index is 0.438. The first-order valence-corrected chi connectivity index (χ1v) is 10.4. The van der Waals surface area contributed by atoms with Crippen molar-refractivity contribution in [3.8, 4) is 11.1 Å². The Morgan fingerprint density at radius 3 is 2.74 bits per heavy atom. The lowest BCUT2D eigenvalue weighted by Crippen LogP contribution is -2.18. The van der Waals surface area contributed by atoms with Crippen molar-refractivity contribution in [2.75, 3.05) is 13.2 Å². The monoisotopic (exact) mass is 392 g/mol. The Morgan fingerprint density at radius 1 is 1.11 bits per heavy atom. The minimum Gasteiger partial charge on any atom is -0.389 e. The molecule has 1 aliphatic heterocycles. The first-order valence-electron chi connectivity index (χ1n) is 9.22. The second kappa shape index (κ2) is 6.75. The largest absolute Gasteiger partial charge is 0.389 e. The van der Waals surface area contributed by atoms with Crippen LogP contribution in [0.2, 0.25) is 0 Å². The highest BCUT2D eigenvalue weighted by Crippen LogP contribution is 2.43. The number of hydrogen-bond donors (Lipinski definition) is 1. The number of aromatic nitrogens is 1. The molecule has 0 saturated carbocycles. The van der Waals surface area contributed by atoms with Crippen LogP contribution in [-0.2, 0) is 4.74 Å². The van der Waals surface area contributed by atoms with Crippen molar-refractivity contribution in [1.29, 1.82) is 0 Å². The van der Waals surface area contributed by atoms with Crippen molar-refractivity contribution < 1.29 is 4.74 Å². The molecule has 2 N–H and O–H groups in total. The van der Waals surface area contributed by atoms with Crippen LogP contribution in [0.25, 0.3) is 31.4 Å². The van der Waals surface area contributed by atoms with E-state index in [-0.39, 0.29) is 0 Å². The highest BCUT2D eigenvalue weighted by Gasteiger charge is 2.23. The molecule has 2 aromatic heterocycles. The Balaban J connectivity index is 1.77. The Hall–Kier alpha value is -2.21. The lowest BCUT2D eigenvalue weighted by Gasteiger charge is -2.24. The summed E-state index contributed by atoms with van der Waals surface area (Å²) in [7, 11) is 0. The van der Waals surface area contributed by atoms with Crippen LogP contribution < -0.4 is 5.73 Å². The molecule has 4 aromatic rings. The maximum atomic E-state index is 5.87. The van der Waals surface area contributed by atoms with Gasteiger partial charge < -0.3 is 15.0 Å². The van der Waals surface area contributed by atoms with Crippen molar-refractivity contribution in [2.24, 2.45) is 5.73 Å². The van der Waals surface area contributed by atoms with Gasteiger partial charge in [-0.2, -0.15) is 0 Å². The van der Waals surface area contributed by atoms with Crippen molar-refractivity contribution in [2.45, 2.75) is 18.9 Å². The molecule has 0 amide bonds. The SMILES string of the molecule is NC(=S)c1cccc(-c2cn(C3CCOCC3)c3c2sc2ccccc23)c1. The van der Waals surface area contributed by atoms with Gasteiger partial charge in [0.15, 0.2) is 0 Å². The van der Waals surface area contributed by atoms with Crippen LogP contribution in [-0.4, -0.2) is 22.8 Å². The Bertz CT molecular complexity index is 1150. The van der Waals surface area contributed by atoms with Crippen LogP contribution in [0.5, 0.6) is 0 Å². The number of benzene rings is 2. The van der Waals surface area contributed by atoms with E-state index in [2.05, 4.69) is 47.2 Å². The zero-order valence-corrected chi connectivity index (χ0v) is 16.5. The molecule has 3 heterocycles. The van der Waals surface area contributed by atoms with Gasteiger partial charge in [-0.25, -0.2) is 0 Å². The van der Waals surface area contributed by atoms with E-state index in [1.165, 1.54) is 31.4 Å². The van der Waals surface area contributed by atoms with Gasteiger partial charge in [-0.05, 0) is 30.5 Å². The maximum absolute atomic E-state index is 5.87. The number of nitrogens with two attached hydrogens (primary N) is 1. The molecule has 0 atom stereocenters. The van der Waals surface area contributed by atoms with Crippen LogP contribution in [0.1, 0.15) is 24.4 Å². The van der Waals surface area contributed by atoms with Crippen LogP contribution in [0.4, 0.5) is 0 Å². The fraction of sp³-hybridized carbons (Fsp3) is 0.227. The molecule has 136 valence electrons. The molecule has 5 rings (SSSR count). The molecule has 27 heavy (non-hydrogen) atoms. The second-order valence-electron chi connectivity index (χ2n) is 7.01. The minimum atomic E-state index is 0.438. The third kappa shape index (κ3) is 2.87. The summed E-state index contributed by atoms with van der Waals surface area (Å²) in [4.78, 5) is 0.438. The van der Waals surface area contributed by atoms with Gasteiger partial charge in [-0.15, -0.1) is 11.3 Å². The van der Waals surface area contributed by atoms with Crippen molar-refractivity contribution in [1.82, 2.24) is 4.57 Å². The number of ether oxygens (including phenoxy) is 1. The van der Waals surface area contributed by atoms with Crippen LogP contribution >= 0.6 is 23.6 Å². The van der Waals surface area contributed by atoms with E-state index in [9.17, 15) is 0 Å². The quantitative estimate of drug-likeness (QED) is 0.467. The summed E-state index contributed by atoms with van der Waals surface area (Å²) in [6.07, 6.45) is 4.43. The third-order valence-corrected chi connectivity index (χ3v) is 6.81. The number of rotatable bonds is 3. The molecule has 0 spiro atoms. The molecular formula is C22H20N2OS2. The van der Waals surface area contributed by atoms with Crippen LogP contribution in [0, 0.1) is 0 Å². The van der Waals surface area contributed by atoms with Gasteiger partial charge in [0.25, 0.3) is 0 Å². The zero-order chi connectivity index (χ0) is 18.4. The molecule has 3 nitrogen and oxygen atoms in total. The van der Waals surface area contributed by atoms with E-state index >= 15 is 0 Å². The summed E-state index contributed by atoms with van der Waals surface area (Å²) >= 11 is 7.05. The fourth-order valence-corrected chi connectivity index (χ4v) is 5.39. The second-order valence-corrected chi connectivity index (χ2v) is 8.51. The topological polar surface area (TPSA) is 40.2 Å². The fourth-order valence-electron chi connectivity index (χ4n) is 4.03. The van der Waals surface area contributed by atoms with Gasteiger partial charge in [0, 0.05) is 46.7 Å². The summed E-state index contributed by atoms with van der Waals surface area (Å²) < 4.78 is 10.7. The lowest BCUT2D eigenvalue weighted by molar-refractivity contribution is 0.0708. The number of hydrogen-bond acceptors (Lipinski definition) is 3. The molecule has 1 saturated heterocycles. The normalized spacial score (nSPS) is 15.6. The molecule has 0 aliphatic carbocycles. The third-order valence-electron chi connectivity index (χ3n) is 5.38. The van der Waals surface area contributed by atoms with Gasteiger partial charge in [-0.1, -0.05) is 48.6 Å². The summed E-state index contributed by atoms with van der Waals surface area (Å²) in [5, 5.41) is 1.33. The number of nitrogens with zero attached hydrogens (tertiary/aromatic N) is 1. The Morgan fingerprint density at radius 2 is 1.93 bits per heavy atom. The molecule has 0 radical (unpaired) electrons. The first kappa shape index (κ1) is 16.9. The Labute approximate surface area is 167 Å². The summed E-state index contributed by atoms with van der Waals surface area (Å²) in [5.41, 5.74) is 10.6. The smallest absolute Gasteiger partial charge is 0.104 e. The van der Waals surface area contributed by atoms with E-state index in [4.69, 9.17) is 22.7 Å². The number of thiocarbonyl (C=S) groups is 1. The van der Waals surface area contributed by atoms with Crippen LogP contribution in [0.15, 0.2) is 54.7 Å². The van der Waals surface area contributed by atoms with Crippen molar-refractivity contribution in [3.05, 3.63) is 60.3 Å². The summed E-state index contributed by atoms with van der Waals surface area (Å²) in [5.74, 6) is 0. The van der Waals surface area contributed by atoms with E-state index in [1.807, 2.05) is 23.5 Å². The van der Waals surface area contributed by atoms with Gasteiger partial charge in [0.1, 0.15) is 4.99 Å². The molecule has 0 unspecified atom stereocenters. The lowest BCUT2D eigenvalue weighted by atomic mass is 10.1. The first-order chi connectivity index (χ1) is 13.2. The van der Waals surface area contributed by atoms with Gasteiger partial charge in [-0.3, -0.25) is 0 Å². The molecule has 1 aliphatic rings. The highest BCUT2D eigenvalue weighted by atomic mass is 32.1. The van der Waals surface area contributed by atoms with E-state index in [0.29, 0.717) is 11.0 Å². The summed E-state index contributed by atoms with van der Waals surface area (Å²) in [6, 6.07) is 17.4. The number of thiophene rings is 1. The average molecular weight is 393 g/mol. The zero-order valence-electron chi connectivity index (χ0n) is 14.9. The van der Waals surface area contributed by atoms with E-state index < -0.39 is 0 Å². The van der Waals surface area contributed by atoms with Gasteiger partial charge in [0.2, 0.25) is 0 Å². The van der Waals surface area contributed by atoms with E-state index in [1.54, 1.807) is 0 Å². The van der Waals surface area contributed by atoms with Gasteiger partial charge >= 0.3 is 0 Å². The predicted octanol–water partition coefficient (Wildman–Crippen LogP) is 5.51. The molecule has 1 fully saturated rings. The van der Waals surface area contributed by atoms with Gasteiger partial charge in [0.05, 0.1) is 10.2 Å². The highest BCUT2D eigenvalue weighted by molar-refractivity contribution is 7.80.